The molecule has 0 saturated heterocycles. The van der Waals surface area contributed by atoms with E-state index in [0.29, 0.717) is 24.2 Å². The molecule has 2 aromatic carbocycles. The molecule has 34 heavy (non-hydrogen) atoms. The van der Waals surface area contributed by atoms with Crippen molar-refractivity contribution in [2.45, 2.75) is 39.5 Å². The van der Waals surface area contributed by atoms with Crippen LogP contribution < -0.4 is 0 Å². The monoisotopic (exact) mass is 464 g/mol. The summed E-state index contributed by atoms with van der Waals surface area (Å²) in [6.07, 6.45) is 3.06. The minimum absolute atomic E-state index is 0.274. The van der Waals surface area contributed by atoms with Crippen molar-refractivity contribution in [2.75, 3.05) is 0 Å². The molecule has 0 radical (unpaired) electrons. The topological polar surface area (TPSA) is 25.8 Å². The lowest BCUT2D eigenvalue weighted by atomic mass is 10.0. The number of hydrogen-bond donors (Lipinski definition) is 0. The van der Waals surface area contributed by atoms with E-state index in [1.807, 2.05) is 26.0 Å². The summed E-state index contributed by atoms with van der Waals surface area (Å²) in [5, 5.41) is 0. The van der Waals surface area contributed by atoms with E-state index < -0.39 is 23.3 Å². The quantitative estimate of drug-likeness (QED) is 0.208. The van der Waals surface area contributed by atoms with E-state index in [1.165, 1.54) is 24.3 Å². The molecule has 0 aliphatic rings. The molecule has 0 spiro atoms. The average Bonchev–Trinajstić information content (AvgIpc) is 2.76. The third kappa shape index (κ3) is 5.68. The highest BCUT2D eigenvalue weighted by Crippen LogP contribution is 2.25. The van der Waals surface area contributed by atoms with Gasteiger partial charge in [0.25, 0.3) is 0 Å². The molecule has 0 amide bonds. The van der Waals surface area contributed by atoms with Crippen molar-refractivity contribution in [1.82, 2.24) is 9.97 Å². The smallest absolute Gasteiger partial charge is 0.135 e. The molecule has 4 rings (SSSR count). The summed E-state index contributed by atoms with van der Waals surface area (Å²) >= 11 is 0. The number of halogens is 4. The Hall–Kier alpha value is -3.54. The number of benzene rings is 2. The van der Waals surface area contributed by atoms with Gasteiger partial charge in [0.15, 0.2) is 0 Å². The number of aryl methyl sites for hydroxylation is 4. The van der Waals surface area contributed by atoms with Crippen LogP contribution in [-0.2, 0) is 12.8 Å². The van der Waals surface area contributed by atoms with Crippen LogP contribution in [0.4, 0.5) is 17.6 Å². The zero-order valence-electron chi connectivity index (χ0n) is 19.0. The molecule has 6 heteroatoms. The second-order valence-electron chi connectivity index (χ2n) is 8.50. The highest BCUT2D eigenvalue weighted by atomic mass is 19.1. The van der Waals surface area contributed by atoms with Crippen LogP contribution in [0.2, 0.25) is 0 Å². The molecule has 0 unspecified atom stereocenters. The van der Waals surface area contributed by atoms with Crippen molar-refractivity contribution in [2.24, 2.45) is 0 Å². The molecule has 2 nitrogen and oxygen atoms in total. The Labute approximate surface area is 196 Å². The van der Waals surface area contributed by atoms with Crippen molar-refractivity contribution >= 4 is 0 Å². The number of unbranched alkanes of at least 4 members (excludes halogenated alkanes) is 1. The van der Waals surface area contributed by atoms with E-state index >= 15 is 0 Å². The minimum Gasteiger partial charge on any atom is -0.253 e. The second kappa shape index (κ2) is 10.2. The van der Waals surface area contributed by atoms with Gasteiger partial charge in [0.1, 0.15) is 23.3 Å². The maximum absolute atomic E-state index is 14.2. The van der Waals surface area contributed by atoms with Crippen LogP contribution in [0.5, 0.6) is 0 Å². The lowest BCUT2D eigenvalue weighted by Gasteiger charge is -2.10. The van der Waals surface area contributed by atoms with Gasteiger partial charge in [0.2, 0.25) is 0 Å². The van der Waals surface area contributed by atoms with Crippen molar-refractivity contribution in [3.8, 4) is 22.5 Å². The Morgan fingerprint density at radius 3 is 1.35 bits per heavy atom. The van der Waals surface area contributed by atoms with Crippen LogP contribution in [0.3, 0.4) is 0 Å². The number of aromatic nitrogens is 2. The summed E-state index contributed by atoms with van der Waals surface area (Å²) in [6, 6.07) is 14.5. The van der Waals surface area contributed by atoms with E-state index in [9.17, 15) is 17.6 Å². The molecule has 0 atom stereocenters. The first-order valence-corrected chi connectivity index (χ1v) is 11.1. The van der Waals surface area contributed by atoms with E-state index in [-0.39, 0.29) is 11.1 Å². The normalized spacial score (nSPS) is 11.1. The molecule has 0 aliphatic heterocycles. The van der Waals surface area contributed by atoms with Crippen molar-refractivity contribution in [3.05, 3.63) is 106 Å². The van der Waals surface area contributed by atoms with Crippen LogP contribution in [0.25, 0.3) is 22.5 Å². The number of hydrogen-bond acceptors (Lipinski definition) is 2. The molecule has 0 saturated carbocycles. The van der Waals surface area contributed by atoms with Gasteiger partial charge in [-0.25, -0.2) is 17.6 Å². The van der Waals surface area contributed by atoms with Crippen LogP contribution in [0, 0.1) is 37.1 Å². The molecular weight excluding hydrogens is 440 g/mol. The van der Waals surface area contributed by atoms with Gasteiger partial charge in [-0.05, 0) is 99.2 Å². The predicted octanol–water partition coefficient (Wildman–Crippen LogP) is 7.55. The van der Waals surface area contributed by atoms with E-state index in [2.05, 4.69) is 9.97 Å². The molecule has 0 aliphatic carbocycles. The van der Waals surface area contributed by atoms with E-state index in [0.717, 1.165) is 47.5 Å². The Morgan fingerprint density at radius 2 is 0.971 bits per heavy atom. The third-order valence-corrected chi connectivity index (χ3v) is 5.58. The Balaban J connectivity index is 1.43. The molecular formula is C28H24F4N2. The summed E-state index contributed by atoms with van der Waals surface area (Å²) in [5.74, 6) is -2.51. The highest BCUT2D eigenvalue weighted by Gasteiger charge is 2.11. The largest absolute Gasteiger partial charge is 0.253 e. The van der Waals surface area contributed by atoms with Crippen LogP contribution in [0.1, 0.15) is 35.4 Å². The maximum atomic E-state index is 14.2. The van der Waals surface area contributed by atoms with Gasteiger partial charge in [-0.1, -0.05) is 0 Å². The van der Waals surface area contributed by atoms with Crippen LogP contribution >= 0.6 is 0 Å². The van der Waals surface area contributed by atoms with Gasteiger partial charge in [0.05, 0.1) is 11.4 Å². The van der Waals surface area contributed by atoms with Gasteiger partial charge in [-0.2, -0.15) is 0 Å². The summed E-state index contributed by atoms with van der Waals surface area (Å²) < 4.78 is 54.9. The standard InChI is InChI=1S/C28H24F4N2/c1-17-11-21(33-27(13-17)23-9-7-19(29)15-25(23)31)5-3-4-6-22-12-18(2)14-28(34-22)24-10-8-20(30)16-26(24)32/h7-16H,3-6H2,1-2H3. The van der Waals surface area contributed by atoms with Crippen molar-refractivity contribution in [3.63, 3.8) is 0 Å². The maximum Gasteiger partial charge on any atom is 0.135 e. The summed E-state index contributed by atoms with van der Waals surface area (Å²) in [6.45, 7) is 3.84. The predicted molar refractivity (Wildman–Crippen MR) is 125 cm³/mol. The first-order valence-electron chi connectivity index (χ1n) is 11.1. The molecule has 2 aromatic heterocycles. The summed E-state index contributed by atoms with van der Waals surface area (Å²) in [5.41, 5.74) is 5.10. The zero-order valence-corrected chi connectivity index (χ0v) is 19.0. The second-order valence-corrected chi connectivity index (χ2v) is 8.50. The summed E-state index contributed by atoms with van der Waals surface area (Å²) in [4.78, 5) is 9.15. The van der Waals surface area contributed by atoms with Gasteiger partial charge in [-0.15, -0.1) is 0 Å². The van der Waals surface area contributed by atoms with Crippen molar-refractivity contribution in [1.29, 1.82) is 0 Å². The fraction of sp³-hybridized carbons (Fsp3) is 0.214. The zero-order chi connectivity index (χ0) is 24.2. The average molecular weight is 465 g/mol. The lowest BCUT2D eigenvalue weighted by Crippen LogP contribution is -1.99. The number of rotatable bonds is 7. The van der Waals surface area contributed by atoms with Gasteiger partial charge in [-0.3, -0.25) is 9.97 Å². The molecule has 0 N–H and O–H groups in total. The van der Waals surface area contributed by atoms with E-state index in [4.69, 9.17) is 0 Å². The van der Waals surface area contributed by atoms with Gasteiger partial charge in [0, 0.05) is 34.6 Å². The summed E-state index contributed by atoms with van der Waals surface area (Å²) in [7, 11) is 0. The number of pyridine rings is 2. The van der Waals surface area contributed by atoms with Crippen LogP contribution in [0.15, 0.2) is 60.7 Å². The molecule has 0 bridgehead atoms. The van der Waals surface area contributed by atoms with Gasteiger partial charge < -0.3 is 0 Å². The first kappa shape index (κ1) is 23.6. The number of nitrogens with zero attached hydrogens (tertiary/aromatic N) is 2. The highest BCUT2D eigenvalue weighted by molar-refractivity contribution is 5.61. The Morgan fingerprint density at radius 1 is 0.559 bits per heavy atom. The lowest BCUT2D eigenvalue weighted by molar-refractivity contribution is 0.584. The Kier molecular flexibility index (Phi) is 7.06. The molecule has 4 aromatic rings. The SMILES string of the molecule is Cc1cc(CCCCc2cc(C)cc(-c3ccc(F)cc3F)n2)nc(-c2ccc(F)cc2F)c1. The van der Waals surface area contributed by atoms with Crippen molar-refractivity contribution < 1.29 is 17.6 Å². The molecule has 174 valence electrons. The van der Waals surface area contributed by atoms with E-state index in [1.54, 1.807) is 12.1 Å². The fourth-order valence-electron chi connectivity index (χ4n) is 4.02. The molecule has 2 heterocycles. The first-order chi connectivity index (χ1) is 16.3. The van der Waals surface area contributed by atoms with Crippen LogP contribution in [-0.4, -0.2) is 9.97 Å². The third-order valence-electron chi connectivity index (χ3n) is 5.58. The minimum atomic E-state index is -0.636. The molecule has 0 fully saturated rings. The Bertz CT molecular complexity index is 1230. The fourth-order valence-corrected chi connectivity index (χ4v) is 4.02. The van der Waals surface area contributed by atoms with Gasteiger partial charge >= 0.3 is 0 Å².